The maximum absolute atomic E-state index is 14.2. The monoisotopic (exact) mass is 441 g/mol. The summed E-state index contributed by atoms with van der Waals surface area (Å²) in [6.07, 6.45) is 3.55. The molecule has 0 spiro atoms. The van der Waals surface area contributed by atoms with E-state index in [1.165, 1.54) is 12.1 Å². The molecule has 2 aromatic heterocycles. The number of halogens is 2. The molecule has 162 valence electrons. The van der Waals surface area contributed by atoms with Gasteiger partial charge in [-0.1, -0.05) is 25.4 Å². The molecule has 0 bridgehead atoms. The van der Waals surface area contributed by atoms with Gasteiger partial charge in [-0.15, -0.1) is 0 Å². The van der Waals surface area contributed by atoms with Crippen LogP contribution in [0.5, 0.6) is 0 Å². The fraction of sp³-hybridized carbons (Fsp3) is 0.435. The van der Waals surface area contributed by atoms with Gasteiger partial charge < -0.3 is 14.4 Å². The molecule has 31 heavy (non-hydrogen) atoms. The Morgan fingerprint density at radius 1 is 1.19 bits per heavy atom. The van der Waals surface area contributed by atoms with Crippen molar-refractivity contribution in [1.82, 2.24) is 14.5 Å². The Morgan fingerprint density at radius 2 is 2.00 bits per heavy atom. The van der Waals surface area contributed by atoms with Crippen LogP contribution >= 0.6 is 11.6 Å². The van der Waals surface area contributed by atoms with E-state index < -0.39 is 6.17 Å². The van der Waals surface area contributed by atoms with Crippen LogP contribution in [0.25, 0.3) is 11.2 Å². The quantitative estimate of drug-likeness (QED) is 0.390. The Hall–Kier alpha value is -2.67. The van der Waals surface area contributed by atoms with Crippen molar-refractivity contribution in [1.29, 1.82) is 0 Å². The van der Waals surface area contributed by atoms with Crippen molar-refractivity contribution >= 4 is 40.4 Å². The number of aryl methyl sites for hydroxylation is 1. The first kappa shape index (κ1) is 20.2. The van der Waals surface area contributed by atoms with E-state index in [4.69, 9.17) is 16.6 Å². The van der Waals surface area contributed by atoms with E-state index in [-0.39, 0.29) is 5.82 Å². The van der Waals surface area contributed by atoms with Gasteiger partial charge >= 0.3 is 0 Å². The van der Waals surface area contributed by atoms with Gasteiger partial charge in [-0.05, 0) is 55.5 Å². The standard InChI is InChI=1S/C23H25ClFN5O/c1-14(2)9-10-28-18-7-8-20(24)26-23(18)27-21(28)12-29-19-11-15(25)3-6-17(19)30(16-4-5-16)22(29)13-31/h3,6-8,11,13-14,16,22H,4-5,9-10,12H2,1-2H3. The number of benzene rings is 1. The van der Waals surface area contributed by atoms with Crippen molar-refractivity contribution in [2.24, 2.45) is 5.92 Å². The minimum Gasteiger partial charge on any atom is -0.340 e. The van der Waals surface area contributed by atoms with E-state index in [9.17, 15) is 9.18 Å². The number of carbonyl (C=O) groups excluding carboxylic acids is 1. The number of fused-ring (bicyclic) bond motifs is 2. The molecular weight excluding hydrogens is 417 g/mol. The second-order valence-corrected chi connectivity index (χ2v) is 9.18. The number of hydrogen-bond donors (Lipinski definition) is 0. The summed E-state index contributed by atoms with van der Waals surface area (Å²) in [7, 11) is 0. The first-order chi connectivity index (χ1) is 15.0. The van der Waals surface area contributed by atoms with Gasteiger partial charge in [-0.2, -0.15) is 0 Å². The molecule has 6 nitrogen and oxygen atoms in total. The zero-order valence-corrected chi connectivity index (χ0v) is 18.4. The lowest BCUT2D eigenvalue weighted by molar-refractivity contribution is -0.108. The third-order valence-corrected chi connectivity index (χ3v) is 6.30. The van der Waals surface area contributed by atoms with Crippen molar-refractivity contribution < 1.29 is 9.18 Å². The fourth-order valence-corrected chi connectivity index (χ4v) is 4.55. The fourth-order valence-electron chi connectivity index (χ4n) is 4.41. The number of carbonyl (C=O) groups is 1. The maximum atomic E-state index is 14.2. The van der Waals surface area contributed by atoms with Crippen LogP contribution in [0.4, 0.5) is 15.8 Å². The van der Waals surface area contributed by atoms with Crippen LogP contribution in [0.3, 0.4) is 0 Å². The molecule has 1 saturated carbocycles. The van der Waals surface area contributed by atoms with Crippen molar-refractivity contribution in [3.63, 3.8) is 0 Å². The first-order valence-electron chi connectivity index (χ1n) is 10.8. The molecule has 1 aromatic carbocycles. The van der Waals surface area contributed by atoms with Gasteiger partial charge in [0.15, 0.2) is 18.1 Å². The highest BCUT2D eigenvalue weighted by atomic mass is 35.5. The van der Waals surface area contributed by atoms with Crippen LogP contribution in [0.1, 0.15) is 38.9 Å². The minimum absolute atomic E-state index is 0.312. The smallest absolute Gasteiger partial charge is 0.179 e. The third kappa shape index (κ3) is 3.65. The normalized spacial score (nSPS) is 18.3. The van der Waals surface area contributed by atoms with E-state index in [1.807, 2.05) is 11.0 Å². The molecule has 5 rings (SSSR count). The molecule has 0 radical (unpaired) electrons. The van der Waals surface area contributed by atoms with Crippen molar-refractivity contribution in [2.45, 2.75) is 58.4 Å². The molecule has 8 heteroatoms. The highest BCUT2D eigenvalue weighted by Gasteiger charge is 2.44. The summed E-state index contributed by atoms with van der Waals surface area (Å²) in [6.45, 7) is 5.54. The average molecular weight is 442 g/mol. The first-order valence-corrected chi connectivity index (χ1v) is 11.2. The zero-order chi connectivity index (χ0) is 21.7. The topological polar surface area (TPSA) is 54.3 Å². The summed E-state index contributed by atoms with van der Waals surface area (Å²) in [5.41, 5.74) is 3.15. The van der Waals surface area contributed by atoms with Gasteiger partial charge in [0.05, 0.1) is 23.4 Å². The molecular formula is C23H25ClFN5O. The Balaban J connectivity index is 1.57. The number of hydrogen-bond acceptors (Lipinski definition) is 5. The largest absolute Gasteiger partial charge is 0.340 e. The number of nitrogens with zero attached hydrogens (tertiary/aromatic N) is 5. The molecule has 3 heterocycles. The Labute approximate surface area is 185 Å². The number of rotatable bonds is 7. The summed E-state index contributed by atoms with van der Waals surface area (Å²) in [5, 5.41) is 0.395. The lowest BCUT2D eigenvalue weighted by Crippen LogP contribution is -2.45. The van der Waals surface area contributed by atoms with Gasteiger partial charge in [0.1, 0.15) is 16.8 Å². The second kappa shape index (κ2) is 7.79. The Morgan fingerprint density at radius 3 is 2.71 bits per heavy atom. The number of aldehydes is 1. The van der Waals surface area contributed by atoms with Crippen LogP contribution in [-0.2, 0) is 17.9 Å². The molecule has 0 N–H and O–H groups in total. The predicted molar refractivity (Wildman–Crippen MR) is 120 cm³/mol. The minimum atomic E-state index is -0.473. The Kier molecular flexibility index (Phi) is 5.08. The number of pyridine rings is 1. The van der Waals surface area contributed by atoms with E-state index in [0.29, 0.717) is 29.3 Å². The predicted octanol–water partition coefficient (Wildman–Crippen LogP) is 4.78. The lowest BCUT2D eigenvalue weighted by Gasteiger charge is -2.29. The van der Waals surface area contributed by atoms with E-state index in [1.54, 1.807) is 12.1 Å². The second-order valence-electron chi connectivity index (χ2n) is 8.79. The molecule has 2 aliphatic rings. The number of imidazole rings is 1. The van der Waals surface area contributed by atoms with Gasteiger partial charge in [0.2, 0.25) is 0 Å². The molecule has 1 atom stereocenters. The van der Waals surface area contributed by atoms with Crippen molar-refractivity contribution in [3.8, 4) is 0 Å². The van der Waals surface area contributed by atoms with Gasteiger partial charge in [-0.3, -0.25) is 4.79 Å². The summed E-state index contributed by atoms with van der Waals surface area (Å²) in [6, 6.07) is 8.79. The molecule has 1 fully saturated rings. The van der Waals surface area contributed by atoms with Crippen LogP contribution < -0.4 is 9.80 Å². The van der Waals surface area contributed by atoms with Crippen LogP contribution in [0.15, 0.2) is 30.3 Å². The SMILES string of the molecule is CC(C)CCn1c(CN2c3cc(F)ccc3N(C3CC3)C2C=O)nc2nc(Cl)ccc21. The molecule has 0 saturated heterocycles. The summed E-state index contributed by atoms with van der Waals surface area (Å²) in [5.74, 6) is 1.01. The summed E-state index contributed by atoms with van der Waals surface area (Å²) < 4.78 is 16.3. The van der Waals surface area contributed by atoms with E-state index in [2.05, 4.69) is 28.3 Å². The lowest BCUT2D eigenvalue weighted by atomic mass is 10.1. The molecule has 3 aromatic rings. The van der Waals surface area contributed by atoms with Gasteiger partial charge in [0, 0.05) is 12.6 Å². The van der Waals surface area contributed by atoms with Crippen LogP contribution in [0, 0.1) is 11.7 Å². The third-order valence-electron chi connectivity index (χ3n) is 6.09. The van der Waals surface area contributed by atoms with Gasteiger partial charge in [0.25, 0.3) is 0 Å². The maximum Gasteiger partial charge on any atom is 0.179 e. The number of aromatic nitrogens is 3. The van der Waals surface area contributed by atoms with Crippen LogP contribution in [0.2, 0.25) is 5.15 Å². The molecule has 0 amide bonds. The van der Waals surface area contributed by atoms with Crippen molar-refractivity contribution in [3.05, 3.63) is 47.1 Å². The molecule has 1 aliphatic heterocycles. The summed E-state index contributed by atoms with van der Waals surface area (Å²) in [4.78, 5) is 25.4. The van der Waals surface area contributed by atoms with E-state index >= 15 is 0 Å². The highest BCUT2D eigenvalue weighted by molar-refractivity contribution is 6.29. The average Bonchev–Trinajstić information content (AvgIpc) is 3.45. The number of anilines is 2. The highest BCUT2D eigenvalue weighted by Crippen LogP contribution is 2.46. The summed E-state index contributed by atoms with van der Waals surface area (Å²) >= 11 is 6.10. The van der Waals surface area contributed by atoms with Crippen LogP contribution in [-0.4, -0.2) is 33.0 Å². The van der Waals surface area contributed by atoms with Crippen molar-refractivity contribution in [2.75, 3.05) is 9.80 Å². The molecule has 1 unspecified atom stereocenters. The zero-order valence-electron chi connectivity index (χ0n) is 17.6. The van der Waals surface area contributed by atoms with E-state index in [0.717, 1.165) is 54.8 Å². The van der Waals surface area contributed by atoms with Gasteiger partial charge in [-0.25, -0.2) is 14.4 Å². The molecule has 1 aliphatic carbocycles. The Bertz CT molecular complexity index is 1140.